The molecule has 1 aromatic carbocycles. The third kappa shape index (κ3) is 4.87. The maximum absolute atomic E-state index is 13.1. The van der Waals surface area contributed by atoms with Crippen molar-refractivity contribution in [3.05, 3.63) is 59.1 Å². The first-order valence-electron chi connectivity index (χ1n) is 9.57. The van der Waals surface area contributed by atoms with Gasteiger partial charge >= 0.3 is 0 Å². The lowest BCUT2D eigenvalue weighted by atomic mass is 9.89. The van der Waals surface area contributed by atoms with Crippen molar-refractivity contribution in [3.63, 3.8) is 0 Å². The van der Waals surface area contributed by atoms with Gasteiger partial charge in [0.15, 0.2) is 0 Å². The summed E-state index contributed by atoms with van der Waals surface area (Å²) in [5, 5.41) is 3.56. The van der Waals surface area contributed by atoms with Crippen LogP contribution in [0, 0.1) is 5.92 Å². The van der Waals surface area contributed by atoms with Crippen molar-refractivity contribution in [1.82, 2.24) is 20.2 Å². The highest BCUT2D eigenvalue weighted by Gasteiger charge is 2.32. The van der Waals surface area contributed by atoms with Crippen LogP contribution in [0.1, 0.15) is 48.7 Å². The van der Waals surface area contributed by atoms with Crippen LogP contribution in [-0.2, 0) is 4.79 Å². The number of piperidine rings is 1. The molecule has 1 atom stereocenters. The Labute approximate surface area is 170 Å². The quantitative estimate of drug-likeness (QED) is 0.835. The molecule has 1 aliphatic rings. The Morgan fingerprint density at radius 2 is 1.82 bits per heavy atom. The maximum atomic E-state index is 13.1. The number of hydrogen-bond donors (Lipinski definition) is 1. The summed E-state index contributed by atoms with van der Waals surface area (Å²) in [6.07, 6.45) is 6.16. The van der Waals surface area contributed by atoms with E-state index in [0.717, 1.165) is 17.9 Å². The molecule has 2 amide bonds. The van der Waals surface area contributed by atoms with Crippen LogP contribution < -0.4 is 5.32 Å². The molecule has 1 aromatic heterocycles. The second kappa shape index (κ2) is 9.15. The van der Waals surface area contributed by atoms with Crippen molar-refractivity contribution in [2.45, 2.75) is 38.6 Å². The maximum Gasteiger partial charge on any atom is 0.272 e. The van der Waals surface area contributed by atoms with E-state index in [-0.39, 0.29) is 23.4 Å². The number of amides is 2. The number of halogens is 1. The zero-order valence-corrected chi connectivity index (χ0v) is 16.9. The van der Waals surface area contributed by atoms with E-state index in [1.54, 1.807) is 0 Å². The SMILES string of the molecule is CC(C)C(NC(=O)c1cnccn1)C(=O)N1CCC(c2ccc(Cl)cc2)CC1. The van der Waals surface area contributed by atoms with E-state index in [0.29, 0.717) is 19.0 Å². The number of aromatic nitrogens is 2. The van der Waals surface area contributed by atoms with Gasteiger partial charge < -0.3 is 10.2 Å². The number of benzene rings is 1. The number of likely N-dealkylation sites (tertiary alicyclic amines) is 1. The van der Waals surface area contributed by atoms with Crippen molar-refractivity contribution in [2.75, 3.05) is 13.1 Å². The van der Waals surface area contributed by atoms with Gasteiger partial charge in [0.25, 0.3) is 5.91 Å². The lowest BCUT2D eigenvalue weighted by Crippen LogP contribution is -2.53. The van der Waals surface area contributed by atoms with E-state index in [9.17, 15) is 9.59 Å². The molecular weight excluding hydrogens is 376 g/mol. The fourth-order valence-electron chi connectivity index (χ4n) is 3.51. The molecule has 1 saturated heterocycles. The van der Waals surface area contributed by atoms with Crippen LogP contribution in [0.15, 0.2) is 42.9 Å². The van der Waals surface area contributed by atoms with Gasteiger partial charge in [-0.05, 0) is 42.4 Å². The van der Waals surface area contributed by atoms with Crippen LogP contribution in [0.2, 0.25) is 5.02 Å². The summed E-state index contributed by atoms with van der Waals surface area (Å²) in [6, 6.07) is 7.35. The summed E-state index contributed by atoms with van der Waals surface area (Å²) < 4.78 is 0. The first-order chi connectivity index (χ1) is 13.5. The molecule has 148 valence electrons. The van der Waals surface area contributed by atoms with Crippen molar-refractivity contribution in [3.8, 4) is 0 Å². The smallest absolute Gasteiger partial charge is 0.272 e. The Morgan fingerprint density at radius 1 is 1.14 bits per heavy atom. The van der Waals surface area contributed by atoms with Gasteiger partial charge in [-0.25, -0.2) is 4.98 Å². The van der Waals surface area contributed by atoms with Gasteiger partial charge in [0.05, 0.1) is 6.20 Å². The molecule has 0 spiro atoms. The predicted molar refractivity (Wildman–Crippen MR) is 108 cm³/mol. The van der Waals surface area contributed by atoms with Crippen molar-refractivity contribution in [2.24, 2.45) is 5.92 Å². The highest BCUT2D eigenvalue weighted by atomic mass is 35.5. The Bertz CT molecular complexity index is 803. The van der Waals surface area contributed by atoms with Crippen LogP contribution >= 0.6 is 11.6 Å². The second-order valence-corrected chi connectivity index (χ2v) is 7.87. The van der Waals surface area contributed by atoms with E-state index >= 15 is 0 Å². The molecule has 0 radical (unpaired) electrons. The number of carbonyl (C=O) groups is 2. The average Bonchev–Trinajstić information content (AvgIpc) is 2.72. The minimum Gasteiger partial charge on any atom is -0.341 e. The van der Waals surface area contributed by atoms with Crippen LogP contribution in [0.5, 0.6) is 0 Å². The number of nitrogens with zero attached hydrogens (tertiary/aromatic N) is 3. The number of hydrogen-bond acceptors (Lipinski definition) is 4. The normalized spacial score (nSPS) is 16.1. The standard InChI is InChI=1S/C21H25ClN4O2/c1-14(2)19(25-20(27)18-13-23-9-10-24-18)21(28)26-11-7-16(8-12-26)15-3-5-17(22)6-4-15/h3-6,9-10,13-14,16,19H,7-8,11-12H2,1-2H3,(H,25,27). The summed E-state index contributed by atoms with van der Waals surface area (Å²) in [5.74, 6) is -0.0203. The monoisotopic (exact) mass is 400 g/mol. The van der Waals surface area contributed by atoms with E-state index < -0.39 is 6.04 Å². The van der Waals surface area contributed by atoms with E-state index in [1.807, 2.05) is 30.9 Å². The van der Waals surface area contributed by atoms with Gasteiger partial charge in [-0.15, -0.1) is 0 Å². The first kappa shape index (κ1) is 20.3. The van der Waals surface area contributed by atoms with Crippen molar-refractivity contribution < 1.29 is 9.59 Å². The first-order valence-corrected chi connectivity index (χ1v) is 9.94. The summed E-state index contributed by atoms with van der Waals surface area (Å²) in [5.41, 5.74) is 1.47. The molecule has 6 nitrogen and oxygen atoms in total. The van der Waals surface area contributed by atoms with E-state index in [1.165, 1.54) is 24.2 Å². The molecule has 0 saturated carbocycles. The van der Waals surface area contributed by atoms with E-state index in [2.05, 4.69) is 27.4 Å². The molecule has 1 unspecified atom stereocenters. The Morgan fingerprint density at radius 3 is 2.39 bits per heavy atom. The van der Waals surface area contributed by atoms with Crippen molar-refractivity contribution >= 4 is 23.4 Å². The zero-order chi connectivity index (χ0) is 20.1. The number of nitrogens with one attached hydrogen (secondary N) is 1. The number of rotatable bonds is 5. The number of carbonyl (C=O) groups excluding carboxylic acids is 2. The molecule has 1 aliphatic heterocycles. The highest BCUT2D eigenvalue weighted by Crippen LogP contribution is 2.29. The largest absolute Gasteiger partial charge is 0.341 e. The molecule has 1 N–H and O–H groups in total. The predicted octanol–water partition coefficient (Wildman–Crippen LogP) is 3.29. The fourth-order valence-corrected chi connectivity index (χ4v) is 3.64. The van der Waals surface area contributed by atoms with Crippen LogP contribution in [-0.4, -0.2) is 45.8 Å². The van der Waals surface area contributed by atoms with Crippen LogP contribution in [0.3, 0.4) is 0 Å². The minimum atomic E-state index is -0.582. The topological polar surface area (TPSA) is 75.2 Å². The molecule has 7 heteroatoms. The average molecular weight is 401 g/mol. The van der Waals surface area contributed by atoms with Gasteiger partial charge in [0.1, 0.15) is 11.7 Å². The second-order valence-electron chi connectivity index (χ2n) is 7.44. The molecule has 0 bridgehead atoms. The zero-order valence-electron chi connectivity index (χ0n) is 16.1. The lowest BCUT2D eigenvalue weighted by molar-refractivity contribution is -0.135. The molecule has 2 aromatic rings. The fraction of sp³-hybridized carbons (Fsp3) is 0.429. The third-order valence-corrected chi connectivity index (χ3v) is 5.42. The summed E-state index contributed by atoms with van der Waals surface area (Å²) in [4.78, 5) is 35.2. The Balaban J connectivity index is 1.61. The molecule has 28 heavy (non-hydrogen) atoms. The lowest BCUT2D eigenvalue weighted by Gasteiger charge is -2.35. The van der Waals surface area contributed by atoms with E-state index in [4.69, 9.17) is 11.6 Å². The van der Waals surface area contributed by atoms with Gasteiger partial charge in [-0.2, -0.15) is 0 Å². The summed E-state index contributed by atoms with van der Waals surface area (Å²) in [7, 11) is 0. The third-order valence-electron chi connectivity index (χ3n) is 5.16. The molecule has 2 heterocycles. The molecule has 3 rings (SSSR count). The highest BCUT2D eigenvalue weighted by molar-refractivity contribution is 6.30. The Hall–Kier alpha value is -2.47. The van der Waals surface area contributed by atoms with Gasteiger partial charge in [0, 0.05) is 30.5 Å². The van der Waals surface area contributed by atoms with Gasteiger partial charge in [0.2, 0.25) is 5.91 Å². The van der Waals surface area contributed by atoms with Crippen molar-refractivity contribution in [1.29, 1.82) is 0 Å². The molecule has 1 fully saturated rings. The summed E-state index contributed by atoms with van der Waals surface area (Å²) in [6.45, 7) is 5.21. The summed E-state index contributed by atoms with van der Waals surface area (Å²) >= 11 is 5.97. The van der Waals surface area contributed by atoms with Gasteiger partial charge in [-0.3, -0.25) is 14.6 Å². The van der Waals surface area contributed by atoms with Crippen LogP contribution in [0.4, 0.5) is 0 Å². The molecule has 0 aliphatic carbocycles. The molecular formula is C21H25ClN4O2. The Kier molecular flexibility index (Phi) is 6.62. The minimum absolute atomic E-state index is 0.0258. The van der Waals surface area contributed by atoms with Crippen LogP contribution in [0.25, 0.3) is 0 Å². The van der Waals surface area contributed by atoms with Gasteiger partial charge in [-0.1, -0.05) is 37.6 Å².